The van der Waals surface area contributed by atoms with Crippen molar-refractivity contribution in [3.63, 3.8) is 0 Å². The van der Waals surface area contributed by atoms with E-state index in [0.717, 1.165) is 59.6 Å². The second kappa shape index (κ2) is 13.6. The Balaban J connectivity index is 0.000000623. The van der Waals surface area contributed by atoms with E-state index in [1.54, 1.807) is 10.8 Å². The molecule has 0 aliphatic carbocycles. The molecular formula is C29H37N5O6S. The van der Waals surface area contributed by atoms with E-state index < -0.39 is 11.0 Å². The topological polar surface area (TPSA) is 118 Å². The van der Waals surface area contributed by atoms with Crippen molar-refractivity contribution in [3.8, 4) is 17.0 Å². The van der Waals surface area contributed by atoms with Gasteiger partial charge in [0.1, 0.15) is 0 Å². The minimum atomic E-state index is -2.60. The Morgan fingerprint density at radius 3 is 2.51 bits per heavy atom. The third kappa shape index (κ3) is 6.78. The third-order valence-electron chi connectivity index (χ3n) is 7.72. The van der Waals surface area contributed by atoms with E-state index in [2.05, 4.69) is 31.2 Å². The van der Waals surface area contributed by atoms with Gasteiger partial charge >= 0.3 is 5.69 Å². The van der Waals surface area contributed by atoms with Crippen LogP contribution in [0.25, 0.3) is 33.1 Å². The van der Waals surface area contributed by atoms with Crippen LogP contribution in [-0.2, 0) is 27.0 Å². The minimum Gasteiger partial charge on any atom is -0.478 e. The number of ether oxygens (including phenoxy) is 2. The first kappa shape index (κ1) is 29.2. The van der Waals surface area contributed by atoms with Crippen molar-refractivity contribution < 1.29 is 22.1 Å². The summed E-state index contributed by atoms with van der Waals surface area (Å²) in [5.41, 5.74) is 4.64. The van der Waals surface area contributed by atoms with Crippen LogP contribution in [0.5, 0.6) is 5.88 Å². The fraction of sp³-hybridized carbons (Fsp3) is 0.483. The predicted molar refractivity (Wildman–Crippen MR) is 158 cm³/mol. The van der Waals surface area contributed by atoms with Gasteiger partial charge in [0.2, 0.25) is 5.88 Å². The van der Waals surface area contributed by atoms with Gasteiger partial charge < -0.3 is 14.4 Å². The molecular weight excluding hydrogens is 546 g/mol. The molecule has 0 spiro atoms. The summed E-state index contributed by atoms with van der Waals surface area (Å²) in [6, 6.07) is 10.2. The number of hydrogen-bond acceptors (Lipinski definition) is 9. The molecule has 0 N–H and O–H groups in total. The van der Waals surface area contributed by atoms with Crippen LogP contribution >= 0.6 is 0 Å². The molecule has 3 aromatic heterocycles. The normalized spacial score (nSPS) is 17.7. The summed E-state index contributed by atoms with van der Waals surface area (Å²) < 4.78 is 37.2. The van der Waals surface area contributed by atoms with Gasteiger partial charge in [0.05, 0.1) is 49.1 Å². The second-order valence-electron chi connectivity index (χ2n) is 10.3. The summed E-state index contributed by atoms with van der Waals surface area (Å²) in [6.07, 6.45) is 9.51. The van der Waals surface area contributed by atoms with Gasteiger partial charge in [-0.1, -0.05) is 12.5 Å². The maximum absolute atomic E-state index is 13.1. The van der Waals surface area contributed by atoms with Crippen LogP contribution in [0, 0.1) is 0 Å². The van der Waals surface area contributed by atoms with Gasteiger partial charge in [0.15, 0.2) is 0 Å². The lowest BCUT2D eigenvalue weighted by Gasteiger charge is -2.26. The van der Waals surface area contributed by atoms with Crippen molar-refractivity contribution in [2.24, 2.45) is 7.05 Å². The molecule has 2 aliphatic heterocycles. The van der Waals surface area contributed by atoms with Crippen LogP contribution < -0.4 is 10.4 Å². The fourth-order valence-electron chi connectivity index (χ4n) is 5.56. The first-order valence-corrected chi connectivity index (χ1v) is 15.1. The van der Waals surface area contributed by atoms with Gasteiger partial charge in [0.25, 0.3) is 11.0 Å². The molecule has 0 bridgehead atoms. The Morgan fingerprint density at radius 1 is 1.05 bits per heavy atom. The van der Waals surface area contributed by atoms with Crippen molar-refractivity contribution in [3.05, 3.63) is 53.2 Å². The van der Waals surface area contributed by atoms with Crippen LogP contribution in [0.1, 0.15) is 38.1 Å². The lowest BCUT2D eigenvalue weighted by Crippen LogP contribution is -2.31. The second-order valence-corrected chi connectivity index (χ2v) is 11.2. The average molecular weight is 584 g/mol. The standard InChI is InChI=1S/C28H33N5O3.CH4O3S/c1-31-25-18-29-24-8-6-20(16-23(24)27(25)33(28(31)34)22-10-15-35-19-22)21-7-9-26(30-17-21)36-14-5-13-32-11-3-2-4-12-32;1-4-5(2)3/h6-9,16-18,22H,2-5,10-15,19H2,1H3;5H,1H3/t22-;/m1./s1. The molecule has 2 fully saturated rings. The number of pyridine rings is 2. The van der Waals surface area contributed by atoms with E-state index in [1.165, 1.54) is 32.4 Å². The summed E-state index contributed by atoms with van der Waals surface area (Å²) in [5.74, 6) is 0.653. The molecule has 5 heterocycles. The van der Waals surface area contributed by atoms with Crippen LogP contribution in [0.15, 0.2) is 47.5 Å². The number of hydrogen-bond donors (Lipinski definition) is 1. The van der Waals surface area contributed by atoms with Crippen molar-refractivity contribution in [1.82, 2.24) is 24.0 Å². The summed E-state index contributed by atoms with van der Waals surface area (Å²) >= 11 is 0. The maximum Gasteiger partial charge on any atom is 0.329 e. The quantitative estimate of drug-likeness (QED) is 0.246. The zero-order valence-electron chi connectivity index (χ0n) is 23.5. The molecule has 41 heavy (non-hydrogen) atoms. The van der Waals surface area contributed by atoms with E-state index >= 15 is 0 Å². The van der Waals surface area contributed by atoms with Crippen LogP contribution in [0.2, 0.25) is 0 Å². The molecule has 2 aliphatic rings. The summed E-state index contributed by atoms with van der Waals surface area (Å²) in [6.45, 7) is 5.45. The Kier molecular flexibility index (Phi) is 9.65. The van der Waals surface area contributed by atoms with Crippen molar-refractivity contribution >= 4 is 32.9 Å². The number of likely N-dealkylation sites (tertiary alicyclic amines) is 1. The average Bonchev–Trinajstić information content (AvgIpc) is 3.62. The van der Waals surface area contributed by atoms with Crippen molar-refractivity contribution in [1.29, 1.82) is 0 Å². The first-order valence-electron chi connectivity index (χ1n) is 14.0. The number of thiol groups is 1. The molecule has 0 saturated carbocycles. The smallest absolute Gasteiger partial charge is 0.329 e. The largest absolute Gasteiger partial charge is 0.478 e. The first-order chi connectivity index (χ1) is 20.0. The highest BCUT2D eigenvalue weighted by atomic mass is 32.2. The van der Waals surface area contributed by atoms with E-state index in [-0.39, 0.29) is 11.7 Å². The van der Waals surface area contributed by atoms with Gasteiger partial charge in [-0.25, -0.2) is 18.2 Å². The fourth-order valence-corrected chi connectivity index (χ4v) is 5.56. The number of rotatable bonds is 8. The Labute approximate surface area is 240 Å². The SMILES string of the molecule is CO[SH](=O)=O.Cn1c(=O)n([C@@H]2CCOC2)c2c3cc(-c4ccc(OCCCN5CCCCC5)nc4)ccc3ncc21. The molecule has 4 aromatic rings. The number of piperidine rings is 1. The number of aromatic nitrogens is 4. The number of benzene rings is 1. The summed E-state index contributed by atoms with van der Waals surface area (Å²) in [7, 11) is 0.314. The van der Waals surface area contributed by atoms with Gasteiger partial charge in [-0.2, -0.15) is 0 Å². The van der Waals surface area contributed by atoms with Crippen LogP contribution in [0.3, 0.4) is 0 Å². The molecule has 0 unspecified atom stereocenters. The zero-order chi connectivity index (χ0) is 28.8. The molecule has 6 rings (SSSR count). The maximum atomic E-state index is 13.1. The minimum absolute atomic E-state index is 0.0244. The van der Waals surface area contributed by atoms with Crippen molar-refractivity contribution in [2.75, 3.05) is 46.6 Å². The van der Waals surface area contributed by atoms with E-state index in [4.69, 9.17) is 9.47 Å². The Bertz CT molecular complexity index is 1590. The molecule has 12 heteroatoms. The van der Waals surface area contributed by atoms with Gasteiger partial charge in [0, 0.05) is 43.4 Å². The molecule has 11 nitrogen and oxygen atoms in total. The van der Waals surface area contributed by atoms with Gasteiger partial charge in [-0.15, -0.1) is 0 Å². The van der Waals surface area contributed by atoms with Crippen LogP contribution in [-0.4, -0.2) is 79.0 Å². The number of fused-ring (bicyclic) bond motifs is 3. The summed E-state index contributed by atoms with van der Waals surface area (Å²) in [4.78, 5) is 24.8. The van der Waals surface area contributed by atoms with E-state index in [1.807, 2.05) is 36.0 Å². The Hall–Kier alpha value is -3.32. The highest BCUT2D eigenvalue weighted by molar-refractivity contribution is 7.67. The molecule has 1 aromatic carbocycles. The van der Waals surface area contributed by atoms with Gasteiger partial charge in [-0.3, -0.25) is 18.3 Å². The lowest BCUT2D eigenvalue weighted by molar-refractivity contribution is 0.186. The highest BCUT2D eigenvalue weighted by Gasteiger charge is 2.25. The molecule has 0 amide bonds. The zero-order valence-corrected chi connectivity index (χ0v) is 24.4. The van der Waals surface area contributed by atoms with Crippen LogP contribution in [0.4, 0.5) is 0 Å². The van der Waals surface area contributed by atoms with E-state index in [0.29, 0.717) is 25.7 Å². The number of nitrogens with zero attached hydrogens (tertiary/aromatic N) is 5. The predicted octanol–water partition coefficient (Wildman–Crippen LogP) is 3.33. The number of imidazole rings is 1. The van der Waals surface area contributed by atoms with Crippen molar-refractivity contribution in [2.45, 2.75) is 38.1 Å². The number of aryl methyl sites for hydroxylation is 1. The highest BCUT2D eigenvalue weighted by Crippen LogP contribution is 2.31. The van der Waals surface area contributed by atoms with E-state index in [9.17, 15) is 13.2 Å². The molecule has 0 radical (unpaired) electrons. The molecule has 1 atom stereocenters. The summed E-state index contributed by atoms with van der Waals surface area (Å²) in [5, 5.41) is 0.965. The third-order valence-corrected chi connectivity index (χ3v) is 8.02. The monoisotopic (exact) mass is 583 g/mol. The molecule has 220 valence electrons. The Morgan fingerprint density at radius 2 is 1.83 bits per heavy atom. The molecule has 2 saturated heterocycles. The van der Waals surface area contributed by atoms with Gasteiger partial charge in [-0.05, 0) is 62.5 Å². The lowest BCUT2D eigenvalue weighted by atomic mass is 10.0.